The summed E-state index contributed by atoms with van der Waals surface area (Å²) in [6, 6.07) is 0.755. The van der Waals surface area contributed by atoms with Gasteiger partial charge in [-0.25, -0.2) is 44.3 Å². The highest BCUT2D eigenvalue weighted by atomic mass is 32.2. The molecule has 1 atom stereocenters. The van der Waals surface area contributed by atoms with E-state index in [1.54, 1.807) is 0 Å². The fourth-order valence-corrected chi connectivity index (χ4v) is 5.68. The predicted octanol–water partition coefficient (Wildman–Crippen LogP) is 3.69. The Morgan fingerprint density at radius 3 is 2.55 bits per heavy atom. The Labute approximate surface area is 223 Å². The van der Waals surface area contributed by atoms with Crippen molar-refractivity contribution in [1.29, 1.82) is 0 Å². The van der Waals surface area contributed by atoms with E-state index in [1.807, 2.05) is 0 Å². The number of halogens is 6. The van der Waals surface area contributed by atoms with Gasteiger partial charge in [0, 0.05) is 6.54 Å². The zero-order chi connectivity index (χ0) is 29.1. The number of nitrogens with zero attached hydrogens (tertiary/aromatic N) is 6. The Balaban J connectivity index is 1.56. The van der Waals surface area contributed by atoms with E-state index in [9.17, 15) is 26.0 Å². The van der Waals surface area contributed by atoms with Crippen LogP contribution in [0.2, 0.25) is 0 Å². The summed E-state index contributed by atoms with van der Waals surface area (Å²) in [7, 11) is -2.63. The number of sulfonamides is 1. The molecule has 1 aliphatic heterocycles. The van der Waals surface area contributed by atoms with Gasteiger partial charge in [0.1, 0.15) is 16.9 Å². The van der Waals surface area contributed by atoms with E-state index < -0.39 is 53.1 Å². The van der Waals surface area contributed by atoms with Gasteiger partial charge in [-0.1, -0.05) is 0 Å². The number of piperidine rings is 1. The number of imidazole rings is 1. The summed E-state index contributed by atoms with van der Waals surface area (Å²) in [5.74, 6) is -5.70. The molecule has 1 aliphatic rings. The first-order chi connectivity index (χ1) is 18.7. The van der Waals surface area contributed by atoms with Gasteiger partial charge in [-0.2, -0.15) is 9.29 Å². The fraction of sp³-hybridized carbons (Fsp3) is 0.435. The smallest absolute Gasteiger partial charge is 0.281 e. The number of hydrogen-bond acceptors (Lipinski definition) is 7. The molecule has 216 valence electrons. The van der Waals surface area contributed by atoms with Crippen LogP contribution in [0.1, 0.15) is 12.2 Å². The second-order valence-corrected chi connectivity index (χ2v) is 11.4. The monoisotopic (exact) mass is 591 g/mol. The number of fused-ring (bicyclic) bond motifs is 2. The zero-order valence-corrected chi connectivity index (χ0v) is 22.1. The Bertz CT molecular complexity index is 1720. The summed E-state index contributed by atoms with van der Waals surface area (Å²) in [5, 5.41) is 6.54. The van der Waals surface area contributed by atoms with E-state index in [4.69, 9.17) is 4.74 Å². The third kappa shape index (κ3) is 4.91. The van der Waals surface area contributed by atoms with Crippen molar-refractivity contribution in [1.82, 2.24) is 28.5 Å². The quantitative estimate of drug-likeness (QED) is 0.327. The number of ether oxygens (including phenoxy) is 1. The van der Waals surface area contributed by atoms with Crippen molar-refractivity contribution >= 4 is 32.5 Å². The highest BCUT2D eigenvalue weighted by Gasteiger charge is 2.47. The number of methoxy groups -OCH3 is 1. The Morgan fingerprint density at radius 1 is 1.20 bits per heavy atom. The highest BCUT2D eigenvalue weighted by molar-refractivity contribution is 7.88. The van der Waals surface area contributed by atoms with Crippen molar-refractivity contribution in [2.45, 2.75) is 38.3 Å². The van der Waals surface area contributed by atoms with Crippen LogP contribution < -0.4 is 10.1 Å². The van der Waals surface area contributed by atoms with Gasteiger partial charge in [-0.3, -0.25) is 0 Å². The van der Waals surface area contributed by atoms with Crippen LogP contribution in [0.15, 0.2) is 18.3 Å². The zero-order valence-electron chi connectivity index (χ0n) is 21.3. The number of nitrogens with one attached hydrogen (secondary N) is 1. The first-order valence-corrected chi connectivity index (χ1v) is 13.7. The van der Waals surface area contributed by atoms with Crippen molar-refractivity contribution in [3.8, 4) is 17.0 Å². The molecule has 1 saturated heterocycles. The summed E-state index contributed by atoms with van der Waals surface area (Å²) >= 11 is 0. The van der Waals surface area contributed by atoms with Gasteiger partial charge in [0.15, 0.2) is 11.6 Å². The maximum absolute atomic E-state index is 15.3. The Hall–Kier alpha value is -3.60. The molecule has 3 aromatic heterocycles. The highest BCUT2D eigenvalue weighted by Crippen LogP contribution is 2.37. The number of rotatable bonds is 7. The summed E-state index contributed by atoms with van der Waals surface area (Å²) in [4.78, 5) is 8.09. The number of benzene rings is 1. The Morgan fingerprint density at radius 2 is 1.93 bits per heavy atom. The van der Waals surface area contributed by atoms with Crippen molar-refractivity contribution < 1.29 is 39.5 Å². The van der Waals surface area contributed by atoms with Crippen LogP contribution in [-0.2, 0) is 16.6 Å². The standard InChI is InChI=1S/C23H23F6N7O3S/c1-11-30-19-13(24)6-12(7-15(19)35(11)9-17(26)27)18-14(25)8-36-20(18)21(39-2)32-22(33-36)31-16-4-5-34(40(3,37)38)10-23(16,28)29/h6-8,16-17H,4-5,9-10H2,1-3H3,(H,31,33)/t16-/m1/s1. The summed E-state index contributed by atoms with van der Waals surface area (Å²) in [6.45, 7) is -0.514. The van der Waals surface area contributed by atoms with Crippen LogP contribution in [0, 0.1) is 18.6 Å². The molecule has 0 amide bonds. The molecule has 0 bridgehead atoms. The van der Waals surface area contributed by atoms with E-state index in [0.717, 1.165) is 27.6 Å². The van der Waals surface area contributed by atoms with Crippen molar-refractivity contribution in [2.75, 3.05) is 31.8 Å². The SMILES string of the molecule is COc1nc(N[C@@H]2CCN(S(C)(=O)=O)CC2(F)F)nn2cc(F)c(-c3cc(F)c4nc(C)n(CC(F)F)c4c3)c12. The summed E-state index contributed by atoms with van der Waals surface area (Å²) < 4.78 is 118. The van der Waals surface area contributed by atoms with Crippen LogP contribution in [0.4, 0.5) is 32.3 Å². The molecule has 1 N–H and O–H groups in total. The summed E-state index contributed by atoms with van der Waals surface area (Å²) in [6.07, 6.45) is -1.26. The second kappa shape index (κ2) is 9.79. The molecule has 0 radical (unpaired) electrons. The molecule has 4 heterocycles. The van der Waals surface area contributed by atoms with Crippen LogP contribution in [0.25, 0.3) is 27.7 Å². The van der Waals surface area contributed by atoms with E-state index in [0.29, 0.717) is 4.31 Å². The first-order valence-electron chi connectivity index (χ1n) is 11.9. The molecule has 4 aromatic rings. The number of anilines is 1. The average Bonchev–Trinajstić information content (AvgIpc) is 3.34. The topological polar surface area (TPSA) is 107 Å². The molecule has 5 rings (SSSR count). The average molecular weight is 592 g/mol. The number of alkyl halides is 4. The summed E-state index contributed by atoms with van der Waals surface area (Å²) in [5.41, 5.74) is -0.462. The molecule has 1 aromatic carbocycles. The van der Waals surface area contributed by atoms with Gasteiger partial charge in [0.25, 0.3) is 12.3 Å². The minimum absolute atomic E-state index is 0.0207. The second-order valence-electron chi connectivity index (χ2n) is 9.42. The molecule has 10 nitrogen and oxygen atoms in total. The molecule has 0 unspecified atom stereocenters. The van der Waals surface area contributed by atoms with E-state index in [2.05, 4.69) is 20.4 Å². The number of hydrogen-bond donors (Lipinski definition) is 1. The first kappa shape index (κ1) is 27.9. The molecule has 17 heteroatoms. The van der Waals surface area contributed by atoms with Crippen LogP contribution >= 0.6 is 0 Å². The molecule has 0 spiro atoms. The molecule has 0 aliphatic carbocycles. The predicted molar refractivity (Wildman–Crippen MR) is 132 cm³/mol. The van der Waals surface area contributed by atoms with Crippen LogP contribution in [0.5, 0.6) is 5.88 Å². The van der Waals surface area contributed by atoms with E-state index >= 15 is 8.78 Å². The fourth-order valence-electron chi connectivity index (χ4n) is 4.84. The lowest BCUT2D eigenvalue weighted by molar-refractivity contribution is -0.0541. The van der Waals surface area contributed by atoms with E-state index in [-0.39, 0.29) is 58.3 Å². The third-order valence-corrected chi connectivity index (χ3v) is 7.94. The lowest BCUT2D eigenvalue weighted by Gasteiger charge is -2.37. The van der Waals surface area contributed by atoms with Gasteiger partial charge in [0.05, 0.1) is 49.8 Å². The molecular weight excluding hydrogens is 568 g/mol. The van der Waals surface area contributed by atoms with Crippen LogP contribution in [0.3, 0.4) is 0 Å². The maximum atomic E-state index is 15.3. The molecular formula is C23H23F6N7O3S. The minimum Gasteiger partial charge on any atom is -0.479 e. The Kier molecular flexibility index (Phi) is 6.84. The van der Waals surface area contributed by atoms with Gasteiger partial charge in [0.2, 0.25) is 21.9 Å². The van der Waals surface area contributed by atoms with Crippen LogP contribution in [-0.4, -0.2) is 81.7 Å². The molecule has 40 heavy (non-hydrogen) atoms. The normalized spacial score (nSPS) is 18.2. The van der Waals surface area contributed by atoms with Crippen molar-refractivity contribution in [3.63, 3.8) is 0 Å². The largest absolute Gasteiger partial charge is 0.479 e. The lowest BCUT2D eigenvalue weighted by atomic mass is 10.0. The van der Waals surface area contributed by atoms with Gasteiger partial charge < -0.3 is 14.6 Å². The van der Waals surface area contributed by atoms with Gasteiger partial charge in [-0.15, -0.1) is 5.10 Å². The molecule has 1 fully saturated rings. The minimum atomic E-state index is -3.83. The number of aromatic nitrogens is 5. The van der Waals surface area contributed by atoms with Crippen molar-refractivity contribution in [3.05, 3.63) is 35.8 Å². The maximum Gasteiger partial charge on any atom is 0.281 e. The van der Waals surface area contributed by atoms with Gasteiger partial charge >= 0.3 is 0 Å². The lowest BCUT2D eigenvalue weighted by Crippen LogP contribution is -2.55. The third-order valence-electron chi connectivity index (χ3n) is 6.69. The van der Waals surface area contributed by atoms with E-state index in [1.165, 1.54) is 20.1 Å². The molecule has 0 saturated carbocycles. The van der Waals surface area contributed by atoms with Gasteiger partial charge in [-0.05, 0) is 31.0 Å². The van der Waals surface area contributed by atoms with Crippen molar-refractivity contribution in [2.24, 2.45) is 0 Å². The number of aryl methyl sites for hydroxylation is 1.